The second kappa shape index (κ2) is 14.4. The van der Waals surface area contributed by atoms with Crippen molar-refractivity contribution in [1.82, 2.24) is 28.8 Å². The molecule has 17 nitrogen and oxygen atoms in total. The molecule has 0 saturated heterocycles. The van der Waals surface area contributed by atoms with Crippen LogP contribution in [0, 0.1) is 5.41 Å². The third kappa shape index (κ3) is 8.02. The van der Waals surface area contributed by atoms with Crippen LogP contribution in [-0.2, 0) is 33.0 Å². The minimum absolute atomic E-state index is 0.0428. The lowest BCUT2D eigenvalue weighted by molar-refractivity contribution is -0.112. The van der Waals surface area contributed by atoms with Gasteiger partial charge in [0.2, 0.25) is 0 Å². The second-order valence-corrected chi connectivity index (χ2v) is 11.9. The second-order valence-electron chi connectivity index (χ2n) is 10.6. The van der Waals surface area contributed by atoms with E-state index in [-0.39, 0.29) is 57.8 Å². The Morgan fingerprint density at radius 2 is 1.38 bits per heavy atom. The smallest absolute Gasteiger partial charge is 0.291 e. The Kier molecular flexibility index (Phi) is 10.6. The number of halogens is 2. The van der Waals surface area contributed by atoms with Crippen LogP contribution < -0.4 is 31.4 Å². The molecule has 4 aromatic rings. The molecule has 0 aromatic carbocycles. The topological polar surface area (TPSA) is 219 Å². The van der Waals surface area contributed by atoms with Gasteiger partial charge in [-0.2, -0.15) is 5.10 Å². The summed E-state index contributed by atoms with van der Waals surface area (Å²) in [7, 11) is 6.39. The van der Waals surface area contributed by atoms with Crippen LogP contribution in [0.1, 0.15) is 48.4 Å². The molecule has 4 aromatic heterocycles. The van der Waals surface area contributed by atoms with Gasteiger partial charge in [0.25, 0.3) is 29.5 Å². The SMILES string of the molecule is C=C(Br)C(=O)Nc1cc(C(=O)N(Cl)c2cc(C(=O)Nc3cc(C(=O)Nc4cc(C(=O)NCCC(=N)N)n(C)c4)n(C)c3)n(C)c2)n(C)n1. The van der Waals surface area contributed by atoms with E-state index in [1.807, 2.05) is 0 Å². The van der Waals surface area contributed by atoms with Crippen molar-refractivity contribution in [3.05, 3.63) is 76.7 Å². The summed E-state index contributed by atoms with van der Waals surface area (Å²) >= 11 is 9.35. The molecule has 0 bridgehead atoms. The zero-order chi connectivity index (χ0) is 35.4. The predicted molar refractivity (Wildman–Crippen MR) is 184 cm³/mol. The predicted octanol–water partition coefficient (Wildman–Crippen LogP) is 2.64. The van der Waals surface area contributed by atoms with Crippen molar-refractivity contribution in [2.75, 3.05) is 26.9 Å². The lowest BCUT2D eigenvalue weighted by Crippen LogP contribution is -2.28. The van der Waals surface area contributed by atoms with Gasteiger partial charge in [0.05, 0.1) is 27.4 Å². The minimum Gasteiger partial charge on any atom is -0.388 e. The van der Waals surface area contributed by atoms with Crippen molar-refractivity contribution in [3.63, 3.8) is 0 Å². The zero-order valence-corrected chi connectivity index (χ0v) is 28.6. The van der Waals surface area contributed by atoms with E-state index >= 15 is 0 Å². The van der Waals surface area contributed by atoms with E-state index in [9.17, 15) is 24.0 Å². The van der Waals surface area contributed by atoms with Crippen molar-refractivity contribution in [3.8, 4) is 0 Å². The Hall–Kier alpha value is -5.62. The molecule has 0 spiro atoms. The molecular weight excluding hydrogens is 712 g/mol. The Morgan fingerprint density at radius 1 is 0.854 bits per heavy atom. The van der Waals surface area contributed by atoms with Gasteiger partial charge in [-0.3, -0.25) is 34.1 Å². The quantitative estimate of drug-likeness (QED) is 0.0551. The summed E-state index contributed by atoms with van der Waals surface area (Å²) < 4.78 is 6.70. The summed E-state index contributed by atoms with van der Waals surface area (Å²) in [6.45, 7) is 3.69. The first-order valence-electron chi connectivity index (χ1n) is 14.0. The third-order valence-electron chi connectivity index (χ3n) is 6.89. The standard InChI is InChI=1S/C29H32BrClN12O5/c1-15(30)25(44)37-24-11-22(42(5)38-24)29(48)43(31)18-10-21(41(4)14-18)28(47)36-17-9-20(40(3)13-17)27(46)35-16-8-19(39(2)12-16)26(45)34-7-6-23(32)33/h8-14H,1,6-7H2,2-5H3,(H3,32,33)(H,34,45)(H,35,46)(H,36,47)(H,37,38,44). The van der Waals surface area contributed by atoms with Crippen molar-refractivity contribution in [1.29, 1.82) is 5.41 Å². The number of hydrogen-bond acceptors (Lipinski definition) is 7. The van der Waals surface area contributed by atoms with Gasteiger partial charge >= 0.3 is 0 Å². The van der Waals surface area contributed by atoms with Crippen molar-refractivity contribution >= 4 is 86.0 Å². The lowest BCUT2D eigenvalue weighted by atomic mass is 10.3. The number of nitrogens with zero attached hydrogens (tertiary/aromatic N) is 6. The first kappa shape index (κ1) is 35.2. The number of amides is 5. The fourth-order valence-electron chi connectivity index (χ4n) is 4.52. The molecule has 48 heavy (non-hydrogen) atoms. The van der Waals surface area contributed by atoms with Crippen molar-refractivity contribution in [2.45, 2.75) is 6.42 Å². The normalized spacial score (nSPS) is 10.7. The Labute approximate surface area is 287 Å². The maximum Gasteiger partial charge on any atom is 0.291 e. The van der Waals surface area contributed by atoms with E-state index in [1.54, 1.807) is 38.1 Å². The van der Waals surface area contributed by atoms with Crippen LogP contribution >= 0.6 is 27.7 Å². The highest BCUT2D eigenvalue weighted by molar-refractivity contribution is 9.12. The highest BCUT2D eigenvalue weighted by Gasteiger charge is 2.25. The van der Waals surface area contributed by atoms with Gasteiger partial charge in [-0.1, -0.05) is 6.58 Å². The van der Waals surface area contributed by atoms with Gasteiger partial charge in [-0.25, -0.2) is 4.42 Å². The number of hydrogen-bond donors (Lipinski definition) is 6. The van der Waals surface area contributed by atoms with Gasteiger partial charge in [0, 0.05) is 77.6 Å². The van der Waals surface area contributed by atoms with E-state index in [4.69, 9.17) is 22.9 Å². The van der Waals surface area contributed by atoms with Gasteiger partial charge in [0.15, 0.2) is 5.82 Å². The summed E-state index contributed by atoms with van der Waals surface area (Å²) in [4.78, 5) is 63.8. The number of rotatable bonds is 12. The fraction of sp³-hybridized carbons (Fsp3) is 0.207. The molecule has 252 valence electrons. The maximum atomic E-state index is 13.2. The molecule has 0 fully saturated rings. The van der Waals surface area contributed by atoms with Crippen LogP contribution in [0.2, 0.25) is 0 Å². The molecule has 0 aliphatic heterocycles. The van der Waals surface area contributed by atoms with Crippen LogP contribution in [0.25, 0.3) is 0 Å². The average molecular weight is 744 g/mol. The summed E-state index contributed by atoms with van der Waals surface area (Å²) in [6.07, 6.45) is 4.83. The molecule has 0 aliphatic rings. The van der Waals surface area contributed by atoms with E-state index < -0.39 is 23.6 Å². The highest BCUT2D eigenvalue weighted by Crippen LogP contribution is 2.25. The number of carbonyl (C=O) groups is 5. The zero-order valence-electron chi connectivity index (χ0n) is 26.2. The number of anilines is 4. The van der Waals surface area contributed by atoms with E-state index in [2.05, 4.69) is 48.9 Å². The Morgan fingerprint density at radius 3 is 1.92 bits per heavy atom. The van der Waals surface area contributed by atoms with Crippen LogP contribution in [0.3, 0.4) is 0 Å². The summed E-state index contributed by atoms with van der Waals surface area (Å²) in [5.41, 5.74) is 6.94. The van der Waals surface area contributed by atoms with Crippen LogP contribution in [0.4, 0.5) is 22.9 Å². The van der Waals surface area contributed by atoms with E-state index in [0.29, 0.717) is 17.1 Å². The molecule has 0 unspecified atom stereocenters. The molecule has 7 N–H and O–H groups in total. The molecule has 0 radical (unpaired) electrons. The van der Waals surface area contributed by atoms with Crippen molar-refractivity contribution in [2.24, 2.45) is 33.9 Å². The van der Waals surface area contributed by atoms with E-state index in [1.165, 1.54) is 51.3 Å². The highest BCUT2D eigenvalue weighted by atomic mass is 79.9. The van der Waals surface area contributed by atoms with Gasteiger partial charge in [-0.05, 0) is 34.1 Å². The third-order valence-corrected chi connectivity index (χ3v) is 7.59. The number of amidine groups is 1. The molecule has 5 amide bonds. The molecule has 4 rings (SSSR count). The first-order valence-corrected chi connectivity index (χ1v) is 15.1. The largest absolute Gasteiger partial charge is 0.388 e. The number of nitrogens with one attached hydrogen (secondary N) is 5. The molecule has 0 aliphatic carbocycles. The fourth-order valence-corrected chi connectivity index (χ4v) is 4.80. The number of aromatic nitrogens is 5. The minimum atomic E-state index is -0.666. The van der Waals surface area contributed by atoms with Gasteiger partial charge in [-0.15, -0.1) is 0 Å². The molecule has 4 heterocycles. The molecular formula is C29H32BrClN12O5. The number of nitrogens with two attached hydrogens (primary N) is 1. The molecule has 0 saturated carbocycles. The molecule has 19 heteroatoms. The molecule has 0 atom stereocenters. The van der Waals surface area contributed by atoms with Crippen molar-refractivity contribution < 1.29 is 24.0 Å². The lowest BCUT2D eigenvalue weighted by Gasteiger charge is -2.11. The van der Waals surface area contributed by atoms with Crippen LogP contribution in [0.5, 0.6) is 0 Å². The van der Waals surface area contributed by atoms with Gasteiger partial charge in [0.1, 0.15) is 22.8 Å². The number of carbonyl (C=O) groups excluding carboxylic acids is 5. The Bertz CT molecular complexity index is 1970. The van der Waals surface area contributed by atoms with Crippen LogP contribution in [0.15, 0.2) is 53.9 Å². The first-order chi connectivity index (χ1) is 22.5. The summed E-state index contributed by atoms with van der Waals surface area (Å²) in [6, 6.07) is 5.75. The summed E-state index contributed by atoms with van der Waals surface area (Å²) in [5.74, 6) is -2.54. The monoisotopic (exact) mass is 742 g/mol. The van der Waals surface area contributed by atoms with E-state index in [0.717, 1.165) is 4.42 Å². The maximum absolute atomic E-state index is 13.2. The van der Waals surface area contributed by atoms with Gasteiger partial charge < -0.3 is 40.7 Å². The van der Waals surface area contributed by atoms with Crippen LogP contribution in [-0.4, -0.2) is 65.4 Å². The summed E-state index contributed by atoms with van der Waals surface area (Å²) in [5, 5.41) is 22.0. The number of aryl methyl sites for hydroxylation is 4. The Balaban J connectivity index is 1.42. The average Bonchev–Trinajstić information content (AvgIpc) is 3.77.